The molecule has 0 amide bonds. The summed E-state index contributed by atoms with van der Waals surface area (Å²) in [6, 6.07) is 24.1. The average molecular weight is 332 g/mol. The fourth-order valence-electron chi connectivity index (χ4n) is 2.92. The predicted molar refractivity (Wildman–Crippen MR) is 96.4 cm³/mol. The summed E-state index contributed by atoms with van der Waals surface area (Å²) in [5.41, 5.74) is 6.07. The highest BCUT2D eigenvalue weighted by Crippen LogP contribution is 2.33. The van der Waals surface area contributed by atoms with Gasteiger partial charge in [-0.2, -0.15) is 5.10 Å². The van der Waals surface area contributed by atoms with Crippen molar-refractivity contribution in [3.05, 3.63) is 95.8 Å². The van der Waals surface area contributed by atoms with Gasteiger partial charge in [0.1, 0.15) is 17.3 Å². The van der Waals surface area contributed by atoms with Crippen molar-refractivity contribution in [2.45, 2.75) is 12.5 Å². The second-order valence-electron chi connectivity index (χ2n) is 5.90. The van der Waals surface area contributed by atoms with Gasteiger partial charge in [0.2, 0.25) is 0 Å². The SMILES string of the molecule is Fc1ccc(C2=NNC(c3ccccc3Oc3ccccc3)C2)cc1. The Labute approximate surface area is 145 Å². The summed E-state index contributed by atoms with van der Waals surface area (Å²) in [7, 11) is 0. The molecule has 0 saturated carbocycles. The van der Waals surface area contributed by atoms with E-state index in [1.807, 2.05) is 54.6 Å². The Kier molecular flexibility index (Phi) is 4.17. The lowest BCUT2D eigenvalue weighted by Gasteiger charge is -2.16. The van der Waals surface area contributed by atoms with Crippen LogP contribution in [0.15, 0.2) is 84.0 Å². The molecule has 0 aromatic heterocycles. The van der Waals surface area contributed by atoms with Gasteiger partial charge in [0, 0.05) is 12.0 Å². The lowest BCUT2D eigenvalue weighted by atomic mass is 9.98. The van der Waals surface area contributed by atoms with Crippen LogP contribution < -0.4 is 10.2 Å². The number of hydrazone groups is 1. The number of benzene rings is 3. The molecule has 0 aliphatic carbocycles. The van der Waals surface area contributed by atoms with Gasteiger partial charge in [-0.3, -0.25) is 0 Å². The molecule has 3 aromatic rings. The second kappa shape index (κ2) is 6.77. The number of nitrogens with zero attached hydrogens (tertiary/aromatic N) is 1. The monoisotopic (exact) mass is 332 g/mol. The van der Waals surface area contributed by atoms with E-state index in [9.17, 15) is 4.39 Å². The van der Waals surface area contributed by atoms with E-state index in [1.54, 1.807) is 12.1 Å². The van der Waals surface area contributed by atoms with Gasteiger partial charge in [-0.25, -0.2) is 4.39 Å². The van der Waals surface area contributed by atoms with Gasteiger partial charge in [-0.1, -0.05) is 48.5 Å². The van der Waals surface area contributed by atoms with E-state index in [-0.39, 0.29) is 11.9 Å². The Morgan fingerprint density at radius 3 is 2.40 bits per heavy atom. The molecule has 1 heterocycles. The summed E-state index contributed by atoms with van der Waals surface area (Å²) < 4.78 is 19.1. The molecule has 3 nitrogen and oxygen atoms in total. The number of hydrogen-bond acceptors (Lipinski definition) is 3. The summed E-state index contributed by atoms with van der Waals surface area (Å²) in [5.74, 6) is 1.36. The lowest BCUT2D eigenvalue weighted by molar-refractivity contribution is 0.464. The second-order valence-corrected chi connectivity index (χ2v) is 5.90. The first kappa shape index (κ1) is 15.4. The minimum Gasteiger partial charge on any atom is -0.457 e. The molecule has 1 unspecified atom stereocenters. The normalized spacial score (nSPS) is 16.2. The van der Waals surface area contributed by atoms with Gasteiger partial charge in [0.15, 0.2) is 0 Å². The smallest absolute Gasteiger partial charge is 0.132 e. The number of ether oxygens (including phenoxy) is 1. The Morgan fingerprint density at radius 2 is 1.60 bits per heavy atom. The highest BCUT2D eigenvalue weighted by molar-refractivity contribution is 6.01. The molecule has 0 spiro atoms. The van der Waals surface area contributed by atoms with Crippen LogP contribution in [-0.2, 0) is 0 Å². The van der Waals surface area contributed by atoms with E-state index in [1.165, 1.54) is 12.1 Å². The summed E-state index contributed by atoms with van der Waals surface area (Å²) in [6.45, 7) is 0. The first-order chi connectivity index (χ1) is 12.3. The molecule has 0 radical (unpaired) electrons. The highest BCUT2D eigenvalue weighted by atomic mass is 19.1. The molecular weight excluding hydrogens is 315 g/mol. The molecule has 4 heteroatoms. The summed E-state index contributed by atoms with van der Waals surface area (Å²) in [6.07, 6.45) is 0.723. The fraction of sp³-hybridized carbons (Fsp3) is 0.0952. The van der Waals surface area contributed by atoms with Gasteiger partial charge in [-0.15, -0.1) is 0 Å². The number of halogens is 1. The van der Waals surface area contributed by atoms with Crippen LogP contribution in [0.1, 0.15) is 23.6 Å². The molecule has 3 aromatic carbocycles. The van der Waals surface area contributed by atoms with Crippen LogP contribution in [0.5, 0.6) is 11.5 Å². The standard InChI is InChI=1S/C21H17FN2O/c22-16-12-10-15(11-13-16)19-14-20(24-23-19)18-8-4-5-9-21(18)25-17-6-2-1-3-7-17/h1-13,20,24H,14H2. The van der Waals surface area contributed by atoms with E-state index >= 15 is 0 Å². The largest absolute Gasteiger partial charge is 0.457 e. The van der Waals surface area contributed by atoms with E-state index in [0.717, 1.165) is 34.8 Å². The van der Waals surface area contributed by atoms with Crippen molar-refractivity contribution in [2.24, 2.45) is 5.10 Å². The molecule has 1 aliphatic rings. The van der Waals surface area contributed by atoms with E-state index in [2.05, 4.69) is 10.5 Å². The van der Waals surface area contributed by atoms with Crippen molar-refractivity contribution < 1.29 is 9.13 Å². The number of nitrogens with one attached hydrogen (secondary N) is 1. The van der Waals surface area contributed by atoms with Crippen molar-refractivity contribution in [2.75, 3.05) is 0 Å². The molecule has 1 atom stereocenters. The van der Waals surface area contributed by atoms with Gasteiger partial charge in [0.05, 0.1) is 11.8 Å². The molecule has 4 rings (SSSR count). The first-order valence-corrected chi connectivity index (χ1v) is 8.19. The molecule has 0 fully saturated rings. The zero-order valence-electron chi connectivity index (χ0n) is 13.5. The minimum atomic E-state index is -0.242. The molecule has 1 aliphatic heterocycles. The van der Waals surface area contributed by atoms with Crippen LogP contribution in [0.3, 0.4) is 0 Å². The van der Waals surface area contributed by atoms with Crippen LogP contribution in [0.25, 0.3) is 0 Å². The third-order valence-electron chi connectivity index (χ3n) is 4.20. The van der Waals surface area contributed by atoms with Crippen molar-refractivity contribution in [1.29, 1.82) is 0 Å². The third kappa shape index (κ3) is 3.38. The maximum absolute atomic E-state index is 13.1. The Morgan fingerprint density at radius 1 is 0.880 bits per heavy atom. The topological polar surface area (TPSA) is 33.6 Å². The molecule has 0 bridgehead atoms. The molecule has 25 heavy (non-hydrogen) atoms. The van der Waals surface area contributed by atoms with Crippen LogP contribution >= 0.6 is 0 Å². The van der Waals surface area contributed by atoms with Crippen molar-refractivity contribution in [3.63, 3.8) is 0 Å². The lowest BCUT2D eigenvalue weighted by Crippen LogP contribution is -2.11. The van der Waals surface area contributed by atoms with Gasteiger partial charge >= 0.3 is 0 Å². The maximum Gasteiger partial charge on any atom is 0.132 e. The van der Waals surface area contributed by atoms with Crippen LogP contribution in [0.4, 0.5) is 4.39 Å². The Bertz CT molecular complexity index is 891. The van der Waals surface area contributed by atoms with Crippen LogP contribution in [-0.4, -0.2) is 5.71 Å². The van der Waals surface area contributed by atoms with E-state index < -0.39 is 0 Å². The quantitative estimate of drug-likeness (QED) is 0.725. The molecular formula is C21H17FN2O. The van der Waals surface area contributed by atoms with Crippen molar-refractivity contribution in [3.8, 4) is 11.5 Å². The average Bonchev–Trinajstić information content (AvgIpc) is 3.14. The minimum absolute atomic E-state index is 0.0277. The highest BCUT2D eigenvalue weighted by Gasteiger charge is 2.24. The van der Waals surface area contributed by atoms with Crippen LogP contribution in [0.2, 0.25) is 0 Å². The van der Waals surface area contributed by atoms with Gasteiger partial charge < -0.3 is 10.2 Å². The third-order valence-corrected chi connectivity index (χ3v) is 4.20. The van der Waals surface area contributed by atoms with Gasteiger partial charge in [0.25, 0.3) is 0 Å². The van der Waals surface area contributed by atoms with Crippen molar-refractivity contribution in [1.82, 2.24) is 5.43 Å². The Balaban J connectivity index is 1.55. The Hall–Kier alpha value is -3.14. The van der Waals surface area contributed by atoms with Crippen LogP contribution in [0, 0.1) is 5.82 Å². The van der Waals surface area contributed by atoms with Gasteiger partial charge in [-0.05, 0) is 35.9 Å². The molecule has 0 saturated heterocycles. The number of hydrogen-bond donors (Lipinski definition) is 1. The zero-order chi connectivity index (χ0) is 17.1. The molecule has 1 N–H and O–H groups in total. The first-order valence-electron chi connectivity index (χ1n) is 8.19. The number of rotatable bonds is 4. The summed E-state index contributed by atoms with van der Waals surface area (Å²) in [4.78, 5) is 0. The summed E-state index contributed by atoms with van der Waals surface area (Å²) in [5, 5.41) is 4.43. The van der Waals surface area contributed by atoms with E-state index in [4.69, 9.17) is 4.74 Å². The fourth-order valence-corrected chi connectivity index (χ4v) is 2.92. The van der Waals surface area contributed by atoms with E-state index in [0.29, 0.717) is 0 Å². The maximum atomic E-state index is 13.1. The summed E-state index contributed by atoms with van der Waals surface area (Å²) >= 11 is 0. The zero-order valence-corrected chi connectivity index (χ0v) is 13.5. The number of para-hydroxylation sites is 2. The predicted octanol–water partition coefficient (Wildman–Crippen LogP) is 5.06. The van der Waals surface area contributed by atoms with Crippen molar-refractivity contribution >= 4 is 5.71 Å². The molecule has 124 valence electrons.